The van der Waals surface area contributed by atoms with Crippen molar-refractivity contribution in [1.82, 2.24) is 4.90 Å². The van der Waals surface area contributed by atoms with Crippen LogP contribution in [0.4, 0.5) is 8.78 Å². The lowest BCUT2D eigenvalue weighted by Crippen LogP contribution is -2.44. The highest BCUT2D eigenvalue weighted by Crippen LogP contribution is 2.34. The molecule has 132 valence electrons. The molecule has 1 aromatic carbocycles. The van der Waals surface area contributed by atoms with Crippen LogP contribution in [0.15, 0.2) is 18.2 Å². The minimum atomic E-state index is -3.02. The smallest absolute Gasteiger partial charge is 0.226 e. The molecule has 4 nitrogen and oxygen atoms in total. The number of likely N-dealkylation sites (tertiary alicyclic amines) is 1. The second kappa shape index (κ2) is 6.78. The van der Waals surface area contributed by atoms with Gasteiger partial charge < -0.3 is 4.90 Å². The number of carbonyl (C=O) groups excluding carboxylic acids is 1. The van der Waals surface area contributed by atoms with Crippen LogP contribution in [0.25, 0.3) is 0 Å². The fourth-order valence-electron chi connectivity index (χ4n) is 3.63. The molecule has 1 atom stereocenters. The van der Waals surface area contributed by atoms with E-state index in [1.54, 1.807) is 4.90 Å². The fourth-order valence-corrected chi connectivity index (χ4v) is 5.12. The van der Waals surface area contributed by atoms with E-state index in [0.29, 0.717) is 31.4 Å². The highest BCUT2D eigenvalue weighted by Gasteiger charge is 2.35. The van der Waals surface area contributed by atoms with E-state index < -0.39 is 21.5 Å². The molecule has 1 amide bonds. The van der Waals surface area contributed by atoms with Gasteiger partial charge in [0.1, 0.15) is 9.84 Å². The summed E-state index contributed by atoms with van der Waals surface area (Å²) in [7, 11) is -3.02. The number of amides is 1. The van der Waals surface area contributed by atoms with Crippen molar-refractivity contribution in [2.75, 3.05) is 18.1 Å². The average molecular weight is 357 g/mol. The molecule has 2 heterocycles. The van der Waals surface area contributed by atoms with Gasteiger partial charge in [0.05, 0.1) is 17.5 Å². The van der Waals surface area contributed by atoms with Gasteiger partial charge in [0.15, 0.2) is 11.6 Å². The zero-order valence-electron chi connectivity index (χ0n) is 13.4. The molecule has 0 aromatic heterocycles. The van der Waals surface area contributed by atoms with Crippen LogP contribution in [0.1, 0.15) is 43.7 Å². The zero-order chi connectivity index (χ0) is 17.3. The molecule has 0 saturated carbocycles. The third kappa shape index (κ3) is 3.61. The molecule has 24 heavy (non-hydrogen) atoms. The van der Waals surface area contributed by atoms with Gasteiger partial charge in [0, 0.05) is 12.5 Å². The lowest BCUT2D eigenvalue weighted by molar-refractivity contribution is -0.139. The van der Waals surface area contributed by atoms with Gasteiger partial charge in [0.25, 0.3) is 0 Å². The molecular formula is C17H21F2NO3S. The summed E-state index contributed by atoms with van der Waals surface area (Å²) < 4.78 is 49.8. The summed E-state index contributed by atoms with van der Waals surface area (Å²) in [4.78, 5) is 14.6. The summed E-state index contributed by atoms with van der Waals surface area (Å²) in [6.45, 7) is 0.575. The van der Waals surface area contributed by atoms with Gasteiger partial charge in [-0.1, -0.05) is 6.07 Å². The molecule has 0 radical (unpaired) electrons. The summed E-state index contributed by atoms with van der Waals surface area (Å²) >= 11 is 0. The number of hydrogen-bond acceptors (Lipinski definition) is 3. The Morgan fingerprint density at radius 3 is 2.42 bits per heavy atom. The normalized spacial score (nSPS) is 24.8. The van der Waals surface area contributed by atoms with E-state index in [1.165, 1.54) is 6.07 Å². The monoisotopic (exact) mass is 357 g/mol. The number of benzene rings is 1. The molecule has 3 rings (SSSR count). The van der Waals surface area contributed by atoms with Crippen LogP contribution < -0.4 is 0 Å². The Kier molecular flexibility index (Phi) is 4.90. The summed E-state index contributed by atoms with van der Waals surface area (Å²) in [5.41, 5.74) is 0.602. The first-order chi connectivity index (χ1) is 11.4. The van der Waals surface area contributed by atoms with Crippen molar-refractivity contribution in [1.29, 1.82) is 0 Å². The van der Waals surface area contributed by atoms with Crippen LogP contribution in [0.2, 0.25) is 0 Å². The van der Waals surface area contributed by atoms with Crippen LogP contribution in [-0.4, -0.2) is 37.3 Å². The number of carbonyl (C=O) groups is 1. The summed E-state index contributed by atoms with van der Waals surface area (Å²) in [6, 6.07) is 3.52. The van der Waals surface area contributed by atoms with Gasteiger partial charge in [-0.25, -0.2) is 17.2 Å². The van der Waals surface area contributed by atoms with E-state index in [-0.39, 0.29) is 29.4 Å². The Balaban J connectivity index is 1.79. The Morgan fingerprint density at radius 1 is 1.04 bits per heavy atom. The largest absolute Gasteiger partial charge is 0.335 e. The molecule has 0 N–H and O–H groups in total. The average Bonchev–Trinajstić information content (AvgIpc) is 2.57. The third-order valence-electron chi connectivity index (χ3n) is 5.02. The Morgan fingerprint density at radius 2 is 1.75 bits per heavy atom. The minimum absolute atomic E-state index is 0.0487. The van der Waals surface area contributed by atoms with Crippen LogP contribution in [0.3, 0.4) is 0 Å². The molecule has 7 heteroatoms. The summed E-state index contributed by atoms with van der Waals surface area (Å²) in [5.74, 6) is -2.06. The molecule has 0 spiro atoms. The summed E-state index contributed by atoms with van der Waals surface area (Å²) in [6.07, 6.45) is 3.20. The second-order valence-corrected chi connectivity index (χ2v) is 8.95. The highest BCUT2D eigenvalue weighted by atomic mass is 32.2. The predicted octanol–water partition coefficient (Wildman–Crippen LogP) is 2.84. The SMILES string of the molecule is O=C(C1CCS(=O)(=O)CC1)N1CCCCC1c1ccc(F)c(F)c1. The van der Waals surface area contributed by atoms with Gasteiger partial charge in [-0.05, 0) is 49.8 Å². The molecule has 1 aromatic rings. The molecule has 0 bridgehead atoms. The zero-order valence-corrected chi connectivity index (χ0v) is 14.2. The quantitative estimate of drug-likeness (QED) is 0.818. The van der Waals surface area contributed by atoms with E-state index in [9.17, 15) is 22.0 Å². The van der Waals surface area contributed by atoms with Crippen molar-refractivity contribution in [2.24, 2.45) is 5.92 Å². The molecule has 2 aliphatic heterocycles. The molecule has 2 fully saturated rings. The molecule has 0 aliphatic carbocycles. The van der Waals surface area contributed by atoms with Gasteiger partial charge in [0.2, 0.25) is 5.91 Å². The van der Waals surface area contributed by atoms with Crippen LogP contribution >= 0.6 is 0 Å². The van der Waals surface area contributed by atoms with E-state index in [4.69, 9.17) is 0 Å². The van der Waals surface area contributed by atoms with E-state index in [1.807, 2.05) is 0 Å². The highest BCUT2D eigenvalue weighted by molar-refractivity contribution is 7.91. The van der Waals surface area contributed by atoms with E-state index in [0.717, 1.165) is 25.0 Å². The number of halogens is 2. The van der Waals surface area contributed by atoms with Crippen molar-refractivity contribution in [2.45, 2.75) is 38.1 Å². The van der Waals surface area contributed by atoms with Crippen molar-refractivity contribution >= 4 is 15.7 Å². The maximum Gasteiger partial charge on any atom is 0.226 e. The Bertz CT molecular complexity index is 721. The van der Waals surface area contributed by atoms with Crippen molar-refractivity contribution < 1.29 is 22.0 Å². The number of nitrogens with zero attached hydrogens (tertiary/aromatic N) is 1. The van der Waals surface area contributed by atoms with Gasteiger partial charge in [-0.2, -0.15) is 0 Å². The predicted molar refractivity (Wildman–Crippen MR) is 86.0 cm³/mol. The van der Waals surface area contributed by atoms with Crippen LogP contribution in [0.5, 0.6) is 0 Å². The minimum Gasteiger partial charge on any atom is -0.335 e. The Labute approximate surface area is 140 Å². The lowest BCUT2D eigenvalue weighted by Gasteiger charge is -2.39. The van der Waals surface area contributed by atoms with Gasteiger partial charge in [-0.15, -0.1) is 0 Å². The number of piperidine rings is 1. The number of rotatable bonds is 2. The number of hydrogen-bond donors (Lipinski definition) is 0. The maximum absolute atomic E-state index is 13.6. The topological polar surface area (TPSA) is 54.5 Å². The standard InChI is InChI=1S/C17H21F2NO3S/c18-14-5-4-13(11-15(14)19)16-3-1-2-8-20(16)17(21)12-6-9-24(22,23)10-7-12/h4-5,11-12,16H,1-3,6-10H2. The molecular weight excluding hydrogens is 336 g/mol. The van der Waals surface area contributed by atoms with Crippen LogP contribution in [0, 0.1) is 17.6 Å². The second-order valence-electron chi connectivity index (χ2n) is 6.64. The van der Waals surface area contributed by atoms with E-state index in [2.05, 4.69) is 0 Å². The van der Waals surface area contributed by atoms with Crippen molar-refractivity contribution in [3.8, 4) is 0 Å². The van der Waals surface area contributed by atoms with Crippen molar-refractivity contribution in [3.05, 3.63) is 35.4 Å². The first-order valence-electron chi connectivity index (χ1n) is 8.33. The first-order valence-corrected chi connectivity index (χ1v) is 10.2. The summed E-state index contributed by atoms with van der Waals surface area (Å²) in [5, 5.41) is 0. The molecule has 2 saturated heterocycles. The fraction of sp³-hybridized carbons (Fsp3) is 0.588. The third-order valence-corrected chi connectivity index (χ3v) is 6.73. The molecule has 2 aliphatic rings. The van der Waals surface area contributed by atoms with Crippen LogP contribution in [-0.2, 0) is 14.6 Å². The van der Waals surface area contributed by atoms with Gasteiger partial charge in [-0.3, -0.25) is 4.79 Å². The Hall–Kier alpha value is -1.50. The van der Waals surface area contributed by atoms with E-state index >= 15 is 0 Å². The van der Waals surface area contributed by atoms with Crippen molar-refractivity contribution in [3.63, 3.8) is 0 Å². The number of sulfone groups is 1. The first kappa shape index (κ1) is 17.3. The maximum atomic E-state index is 13.6. The molecule has 1 unspecified atom stereocenters. The lowest BCUT2D eigenvalue weighted by atomic mass is 9.92. The van der Waals surface area contributed by atoms with Gasteiger partial charge >= 0.3 is 0 Å².